The van der Waals surface area contributed by atoms with Gasteiger partial charge in [0.2, 0.25) is 0 Å². The van der Waals surface area contributed by atoms with Gasteiger partial charge in [0.1, 0.15) is 0 Å². The molecule has 0 aromatic rings. The molecule has 0 saturated heterocycles. The Labute approximate surface area is 75.1 Å². The molecule has 0 fully saturated rings. The van der Waals surface area contributed by atoms with Crippen molar-refractivity contribution in [2.75, 3.05) is 14.1 Å². The molecule has 0 bridgehead atoms. The Morgan fingerprint density at radius 2 is 1.83 bits per heavy atom. The summed E-state index contributed by atoms with van der Waals surface area (Å²) in [6.07, 6.45) is 10.9. The van der Waals surface area contributed by atoms with Crippen LogP contribution in [0.15, 0.2) is 36.1 Å². The molecule has 1 heteroatoms. The molecule has 66 valence electrons. The summed E-state index contributed by atoms with van der Waals surface area (Å²) < 4.78 is 0. The highest BCUT2D eigenvalue weighted by Crippen LogP contribution is 2.22. The van der Waals surface area contributed by atoms with Crippen LogP contribution >= 0.6 is 0 Å². The minimum Gasteiger partial charge on any atom is -0.378 e. The molecule has 1 rings (SSSR count). The van der Waals surface area contributed by atoms with Crippen molar-refractivity contribution in [1.82, 2.24) is 4.90 Å². The highest BCUT2D eigenvalue weighted by Gasteiger charge is 2.10. The Morgan fingerprint density at radius 3 is 2.42 bits per heavy atom. The molecule has 0 aromatic heterocycles. The molecule has 1 aliphatic carbocycles. The van der Waals surface area contributed by atoms with Crippen LogP contribution in [0.25, 0.3) is 0 Å². The summed E-state index contributed by atoms with van der Waals surface area (Å²) in [7, 11) is 4.12. The largest absolute Gasteiger partial charge is 0.378 e. The average molecular weight is 163 g/mol. The van der Waals surface area contributed by atoms with Crippen LogP contribution in [0.4, 0.5) is 0 Å². The summed E-state index contributed by atoms with van der Waals surface area (Å²) in [5.41, 5.74) is 1.44. The third kappa shape index (κ3) is 2.26. The van der Waals surface area contributed by atoms with Gasteiger partial charge in [-0.1, -0.05) is 32.1 Å². The molecule has 0 amide bonds. The van der Waals surface area contributed by atoms with Crippen LogP contribution in [0.1, 0.15) is 13.8 Å². The zero-order valence-corrected chi connectivity index (χ0v) is 8.33. The number of allylic oxidation sites excluding steroid dienone is 5. The Balaban J connectivity index is 2.86. The van der Waals surface area contributed by atoms with Gasteiger partial charge in [0, 0.05) is 25.2 Å². The lowest BCUT2D eigenvalue weighted by Crippen LogP contribution is -2.09. The van der Waals surface area contributed by atoms with Gasteiger partial charge >= 0.3 is 0 Å². The maximum Gasteiger partial charge on any atom is 0.0357 e. The molecule has 0 radical (unpaired) electrons. The van der Waals surface area contributed by atoms with Crippen molar-refractivity contribution in [3.63, 3.8) is 0 Å². The van der Waals surface area contributed by atoms with Crippen LogP contribution in [-0.2, 0) is 0 Å². The van der Waals surface area contributed by atoms with Crippen LogP contribution in [0.5, 0.6) is 0 Å². The van der Waals surface area contributed by atoms with Gasteiger partial charge in [0.25, 0.3) is 0 Å². The summed E-state index contributed by atoms with van der Waals surface area (Å²) in [4.78, 5) is 2.11. The maximum atomic E-state index is 2.22. The van der Waals surface area contributed by atoms with E-state index in [-0.39, 0.29) is 5.41 Å². The van der Waals surface area contributed by atoms with Gasteiger partial charge < -0.3 is 4.90 Å². The van der Waals surface area contributed by atoms with Crippen molar-refractivity contribution in [2.45, 2.75) is 13.8 Å². The smallest absolute Gasteiger partial charge is 0.0357 e. The zero-order valence-electron chi connectivity index (χ0n) is 8.33. The molecule has 1 aliphatic rings. The fraction of sp³-hybridized carbons (Fsp3) is 0.455. The third-order valence-corrected chi connectivity index (χ3v) is 1.99. The quantitative estimate of drug-likeness (QED) is 0.574. The van der Waals surface area contributed by atoms with E-state index in [4.69, 9.17) is 0 Å². The standard InChI is InChI=1S/C11H17N/c1-11(2)8-5-6-10(7-9-11)12(3)4/h5-9H,1-4H3. The predicted molar refractivity (Wildman–Crippen MR) is 53.8 cm³/mol. The summed E-state index contributed by atoms with van der Waals surface area (Å²) in [6.45, 7) is 4.40. The lowest BCUT2D eigenvalue weighted by Gasteiger charge is -2.14. The molecule has 0 saturated carbocycles. The van der Waals surface area contributed by atoms with E-state index < -0.39 is 0 Å². The number of rotatable bonds is 1. The van der Waals surface area contributed by atoms with Crippen LogP contribution in [0, 0.1) is 5.41 Å². The van der Waals surface area contributed by atoms with Gasteiger partial charge in [0.15, 0.2) is 0 Å². The van der Waals surface area contributed by atoms with Gasteiger partial charge in [-0.3, -0.25) is 0 Å². The van der Waals surface area contributed by atoms with E-state index in [1.54, 1.807) is 0 Å². The zero-order chi connectivity index (χ0) is 9.19. The highest BCUT2D eigenvalue weighted by atomic mass is 15.1. The maximum absolute atomic E-state index is 2.22. The van der Waals surface area contributed by atoms with Crippen LogP contribution in [0.2, 0.25) is 0 Å². The monoisotopic (exact) mass is 163 g/mol. The number of hydrogen-bond donors (Lipinski definition) is 0. The highest BCUT2D eigenvalue weighted by molar-refractivity contribution is 5.29. The Morgan fingerprint density at radius 1 is 1.17 bits per heavy atom. The summed E-state index contributed by atoms with van der Waals surface area (Å²) in [5.74, 6) is 0. The first-order valence-corrected chi connectivity index (χ1v) is 4.27. The van der Waals surface area contributed by atoms with E-state index in [1.807, 2.05) is 0 Å². The second-order valence-electron chi connectivity index (χ2n) is 4.00. The van der Waals surface area contributed by atoms with E-state index in [0.29, 0.717) is 0 Å². The fourth-order valence-corrected chi connectivity index (χ4v) is 1.10. The van der Waals surface area contributed by atoms with E-state index >= 15 is 0 Å². The lowest BCUT2D eigenvalue weighted by molar-refractivity contribution is 0.528. The average Bonchev–Trinajstić information content (AvgIpc) is 2.10. The van der Waals surface area contributed by atoms with Crippen LogP contribution in [0.3, 0.4) is 0 Å². The van der Waals surface area contributed by atoms with Gasteiger partial charge in [-0.25, -0.2) is 0 Å². The van der Waals surface area contributed by atoms with Crippen molar-refractivity contribution < 1.29 is 0 Å². The Hall–Kier alpha value is -0.980. The lowest BCUT2D eigenvalue weighted by atomic mass is 9.93. The first kappa shape index (κ1) is 9.11. The van der Waals surface area contributed by atoms with E-state index in [0.717, 1.165) is 0 Å². The molecule has 0 heterocycles. The third-order valence-electron chi connectivity index (χ3n) is 1.99. The van der Waals surface area contributed by atoms with Crippen LogP contribution in [-0.4, -0.2) is 19.0 Å². The van der Waals surface area contributed by atoms with Crippen LogP contribution < -0.4 is 0 Å². The van der Waals surface area contributed by atoms with E-state index in [9.17, 15) is 0 Å². The molecule has 0 aliphatic heterocycles. The molecular formula is C11H17N. The minimum absolute atomic E-state index is 0.189. The number of hydrogen-bond acceptors (Lipinski definition) is 1. The van der Waals surface area contributed by atoms with Gasteiger partial charge in [0.05, 0.1) is 0 Å². The number of likely N-dealkylation sites (N-methyl/N-ethyl adjacent to an activating group) is 1. The van der Waals surface area contributed by atoms with Gasteiger partial charge in [-0.05, 0) is 12.2 Å². The topological polar surface area (TPSA) is 3.24 Å². The molecule has 0 spiro atoms. The molecule has 1 nitrogen and oxygen atoms in total. The van der Waals surface area contributed by atoms with Crippen molar-refractivity contribution in [3.05, 3.63) is 36.1 Å². The second-order valence-corrected chi connectivity index (χ2v) is 4.00. The van der Waals surface area contributed by atoms with E-state index in [2.05, 4.69) is 63.2 Å². The van der Waals surface area contributed by atoms with Crippen molar-refractivity contribution in [2.24, 2.45) is 5.41 Å². The minimum atomic E-state index is 0.189. The summed E-state index contributed by atoms with van der Waals surface area (Å²) >= 11 is 0. The molecule has 0 N–H and O–H groups in total. The second kappa shape index (κ2) is 3.18. The van der Waals surface area contributed by atoms with Crippen molar-refractivity contribution in [3.8, 4) is 0 Å². The SMILES string of the molecule is CN(C)C1=CC=CC(C)(C)C=C1. The van der Waals surface area contributed by atoms with Gasteiger partial charge in [-0.2, -0.15) is 0 Å². The summed E-state index contributed by atoms with van der Waals surface area (Å²) in [6, 6.07) is 0. The predicted octanol–water partition coefficient (Wildman–Crippen LogP) is 2.58. The summed E-state index contributed by atoms with van der Waals surface area (Å²) in [5, 5.41) is 0. The van der Waals surface area contributed by atoms with Crippen molar-refractivity contribution >= 4 is 0 Å². The Kier molecular flexibility index (Phi) is 2.41. The first-order valence-electron chi connectivity index (χ1n) is 4.27. The molecule has 0 unspecified atom stereocenters. The van der Waals surface area contributed by atoms with Gasteiger partial charge in [-0.15, -0.1) is 0 Å². The van der Waals surface area contributed by atoms with Crippen molar-refractivity contribution in [1.29, 1.82) is 0 Å². The Bertz CT molecular complexity index is 242. The van der Waals surface area contributed by atoms with E-state index in [1.165, 1.54) is 5.70 Å². The normalized spacial score (nSPS) is 20.2. The first-order chi connectivity index (χ1) is 5.51. The molecule has 0 aromatic carbocycles. The molecular weight excluding hydrogens is 146 g/mol. The molecule has 0 atom stereocenters. The fourth-order valence-electron chi connectivity index (χ4n) is 1.10. The number of nitrogens with zero attached hydrogens (tertiary/aromatic N) is 1. The molecule has 12 heavy (non-hydrogen) atoms.